The molecule has 24 heavy (non-hydrogen) atoms. The van der Waals surface area contributed by atoms with Crippen LogP contribution in [0.5, 0.6) is 0 Å². The Hall–Kier alpha value is -2.11. The molecule has 0 aliphatic carbocycles. The van der Waals surface area contributed by atoms with Gasteiger partial charge < -0.3 is 14.2 Å². The summed E-state index contributed by atoms with van der Waals surface area (Å²) >= 11 is 0. The number of hydrogen-bond donors (Lipinski definition) is 0. The highest BCUT2D eigenvalue weighted by Crippen LogP contribution is 2.06. The second-order valence-electron chi connectivity index (χ2n) is 4.71. The molecule has 0 aromatic carbocycles. The summed E-state index contributed by atoms with van der Waals surface area (Å²) in [7, 11) is 0. The van der Waals surface area contributed by atoms with Crippen LogP contribution in [0.4, 0.5) is 0 Å². The standard InChI is InChI=1S/C7H12O2.C6H10O2.C5H8O2/c1-3-5-6-9-7(8)4-2;7-6-4-2-1-3-5-8-6;1-3-5(6)7-4-2/h4H,2-3,5-6H2,1H3;1-5H2;3H,1,4H2,2H3. The number of rotatable bonds is 6. The SMILES string of the molecule is C=CC(=O)OCC.C=CC(=O)OCCCC.O=C1CCCCCO1. The fraction of sp³-hybridized carbons (Fsp3) is 0.611. The van der Waals surface area contributed by atoms with Crippen molar-refractivity contribution in [3.05, 3.63) is 25.3 Å². The molecule has 138 valence electrons. The van der Waals surface area contributed by atoms with Crippen LogP contribution in [0.15, 0.2) is 25.3 Å². The van der Waals surface area contributed by atoms with Crippen molar-refractivity contribution < 1.29 is 28.6 Å². The molecular weight excluding hydrogens is 312 g/mol. The van der Waals surface area contributed by atoms with Crippen LogP contribution >= 0.6 is 0 Å². The maximum absolute atomic E-state index is 10.5. The van der Waals surface area contributed by atoms with Crippen molar-refractivity contribution in [3.63, 3.8) is 0 Å². The van der Waals surface area contributed by atoms with Gasteiger partial charge in [-0.05, 0) is 32.6 Å². The molecule has 6 heteroatoms. The van der Waals surface area contributed by atoms with E-state index < -0.39 is 0 Å². The molecule has 1 aliphatic heterocycles. The molecule has 0 aromatic heterocycles. The first-order valence-corrected chi connectivity index (χ1v) is 8.25. The molecule has 1 aliphatic rings. The minimum absolute atomic E-state index is 0.0255. The number of carbonyl (C=O) groups excluding carboxylic acids is 3. The average Bonchev–Trinajstić information content (AvgIpc) is 2.83. The summed E-state index contributed by atoms with van der Waals surface area (Å²) in [5.74, 6) is -0.714. The van der Waals surface area contributed by atoms with Gasteiger partial charge in [-0.2, -0.15) is 0 Å². The number of hydrogen-bond acceptors (Lipinski definition) is 6. The largest absolute Gasteiger partial charge is 0.466 e. The number of cyclic esters (lactones) is 1. The average molecular weight is 342 g/mol. The van der Waals surface area contributed by atoms with Gasteiger partial charge in [0.25, 0.3) is 0 Å². The van der Waals surface area contributed by atoms with Crippen molar-refractivity contribution in [2.24, 2.45) is 0 Å². The first-order valence-electron chi connectivity index (χ1n) is 8.25. The summed E-state index contributed by atoms with van der Waals surface area (Å²) in [5.41, 5.74) is 0. The Morgan fingerprint density at radius 3 is 2.21 bits per heavy atom. The van der Waals surface area contributed by atoms with Crippen molar-refractivity contribution in [1.29, 1.82) is 0 Å². The maximum atomic E-state index is 10.5. The minimum atomic E-state index is -0.359. The van der Waals surface area contributed by atoms with Gasteiger partial charge in [-0.15, -0.1) is 0 Å². The maximum Gasteiger partial charge on any atom is 0.330 e. The number of unbranched alkanes of at least 4 members (excludes halogenated alkanes) is 1. The zero-order chi connectivity index (χ0) is 18.6. The monoisotopic (exact) mass is 342 g/mol. The highest BCUT2D eigenvalue weighted by atomic mass is 16.5. The molecule has 1 saturated heterocycles. The quantitative estimate of drug-likeness (QED) is 0.319. The second-order valence-corrected chi connectivity index (χ2v) is 4.71. The smallest absolute Gasteiger partial charge is 0.330 e. The van der Waals surface area contributed by atoms with Gasteiger partial charge in [0.2, 0.25) is 0 Å². The van der Waals surface area contributed by atoms with Crippen LogP contribution in [-0.2, 0) is 28.6 Å². The third-order valence-corrected chi connectivity index (χ3v) is 2.65. The molecule has 0 amide bonds. The zero-order valence-electron chi connectivity index (χ0n) is 14.9. The Balaban J connectivity index is 0. The van der Waals surface area contributed by atoms with E-state index >= 15 is 0 Å². The van der Waals surface area contributed by atoms with Gasteiger partial charge in [-0.3, -0.25) is 4.79 Å². The predicted octanol–water partition coefficient (Wildman–Crippen LogP) is 3.35. The lowest BCUT2D eigenvalue weighted by Gasteiger charge is -1.97. The third-order valence-electron chi connectivity index (χ3n) is 2.65. The van der Waals surface area contributed by atoms with Gasteiger partial charge in [0.05, 0.1) is 19.8 Å². The van der Waals surface area contributed by atoms with E-state index in [4.69, 9.17) is 4.74 Å². The lowest BCUT2D eigenvalue weighted by Crippen LogP contribution is -2.00. The summed E-state index contributed by atoms with van der Waals surface area (Å²) in [6.07, 6.45) is 8.12. The van der Waals surface area contributed by atoms with E-state index in [1.165, 1.54) is 6.08 Å². The molecule has 0 saturated carbocycles. The van der Waals surface area contributed by atoms with Crippen LogP contribution in [0.2, 0.25) is 0 Å². The topological polar surface area (TPSA) is 78.9 Å². The van der Waals surface area contributed by atoms with Crippen LogP contribution in [-0.4, -0.2) is 37.7 Å². The lowest BCUT2D eigenvalue weighted by molar-refractivity contribution is -0.142. The first kappa shape index (κ1) is 24.1. The summed E-state index contributed by atoms with van der Waals surface area (Å²) in [5, 5.41) is 0. The fourth-order valence-electron chi connectivity index (χ4n) is 1.38. The van der Waals surface area contributed by atoms with Crippen LogP contribution in [0.3, 0.4) is 0 Å². The normalized spacial score (nSPS) is 12.7. The van der Waals surface area contributed by atoms with Crippen molar-refractivity contribution >= 4 is 17.9 Å². The molecule has 0 radical (unpaired) electrons. The van der Waals surface area contributed by atoms with E-state index in [1.54, 1.807) is 6.92 Å². The molecule has 1 rings (SSSR count). The van der Waals surface area contributed by atoms with E-state index in [2.05, 4.69) is 22.6 Å². The molecule has 1 heterocycles. The first-order chi connectivity index (χ1) is 11.5. The van der Waals surface area contributed by atoms with Crippen molar-refractivity contribution in [3.8, 4) is 0 Å². The molecule has 0 N–H and O–H groups in total. The van der Waals surface area contributed by atoms with Gasteiger partial charge in [-0.1, -0.05) is 26.5 Å². The van der Waals surface area contributed by atoms with Gasteiger partial charge >= 0.3 is 17.9 Å². The minimum Gasteiger partial charge on any atom is -0.466 e. The van der Waals surface area contributed by atoms with Crippen molar-refractivity contribution in [2.75, 3.05) is 19.8 Å². The zero-order valence-corrected chi connectivity index (χ0v) is 14.9. The van der Waals surface area contributed by atoms with E-state index in [-0.39, 0.29) is 17.9 Å². The third kappa shape index (κ3) is 19.9. The van der Waals surface area contributed by atoms with Gasteiger partial charge in [0.1, 0.15) is 0 Å². The van der Waals surface area contributed by atoms with E-state index in [1.807, 2.05) is 6.92 Å². The molecule has 0 spiro atoms. The van der Waals surface area contributed by atoms with Gasteiger partial charge in [0, 0.05) is 18.6 Å². The molecule has 0 aromatic rings. The Labute approximate surface area is 144 Å². The van der Waals surface area contributed by atoms with Crippen LogP contribution < -0.4 is 0 Å². The summed E-state index contributed by atoms with van der Waals surface area (Å²) in [6, 6.07) is 0. The summed E-state index contributed by atoms with van der Waals surface area (Å²) in [6.45, 7) is 11.8. The molecule has 0 bridgehead atoms. The molecule has 0 unspecified atom stereocenters. The Kier molecular flexibility index (Phi) is 19.1. The predicted molar refractivity (Wildman–Crippen MR) is 92.3 cm³/mol. The molecule has 6 nitrogen and oxygen atoms in total. The number of esters is 3. The van der Waals surface area contributed by atoms with Gasteiger partial charge in [-0.25, -0.2) is 9.59 Å². The van der Waals surface area contributed by atoms with Crippen LogP contribution in [0.1, 0.15) is 52.4 Å². The second kappa shape index (κ2) is 18.9. The van der Waals surface area contributed by atoms with Crippen LogP contribution in [0.25, 0.3) is 0 Å². The van der Waals surface area contributed by atoms with Crippen LogP contribution in [0, 0.1) is 0 Å². The van der Waals surface area contributed by atoms with Gasteiger partial charge in [0.15, 0.2) is 0 Å². The fourth-order valence-corrected chi connectivity index (χ4v) is 1.38. The Morgan fingerprint density at radius 1 is 1.08 bits per heavy atom. The van der Waals surface area contributed by atoms with E-state index in [0.717, 1.165) is 38.2 Å². The summed E-state index contributed by atoms with van der Waals surface area (Å²) in [4.78, 5) is 30.9. The lowest BCUT2D eigenvalue weighted by atomic mass is 10.2. The van der Waals surface area contributed by atoms with E-state index in [0.29, 0.717) is 26.2 Å². The highest BCUT2D eigenvalue weighted by Gasteiger charge is 2.05. The highest BCUT2D eigenvalue weighted by molar-refractivity contribution is 5.81. The Bertz CT molecular complexity index is 366. The number of ether oxygens (including phenoxy) is 3. The van der Waals surface area contributed by atoms with Crippen molar-refractivity contribution in [1.82, 2.24) is 0 Å². The molecule has 0 atom stereocenters. The number of carbonyl (C=O) groups is 3. The summed E-state index contributed by atoms with van der Waals surface area (Å²) < 4.78 is 13.9. The molecule has 1 fully saturated rings. The Morgan fingerprint density at radius 2 is 1.71 bits per heavy atom. The van der Waals surface area contributed by atoms with Crippen molar-refractivity contribution in [2.45, 2.75) is 52.4 Å². The molecular formula is C18H30O6. The van der Waals surface area contributed by atoms with E-state index in [9.17, 15) is 14.4 Å².